The summed E-state index contributed by atoms with van der Waals surface area (Å²) in [5, 5.41) is 0. The van der Waals surface area contributed by atoms with Crippen molar-refractivity contribution < 1.29 is 0 Å². The Morgan fingerprint density at radius 2 is 1.86 bits per heavy atom. The number of rotatable bonds is 4. The molecule has 0 heterocycles. The first-order valence-corrected chi connectivity index (χ1v) is 8.13. The second-order valence-electron chi connectivity index (χ2n) is 4.20. The van der Waals surface area contributed by atoms with Gasteiger partial charge in [-0.2, -0.15) is 0 Å². The van der Waals surface area contributed by atoms with Crippen molar-refractivity contribution in [3.63, 3.8) is 0 Å². The number of hydrogen-bond acceptors (Lipinski definition) is 1. The third-order valence-electron chi connectivity index (χ3n) is 2.70. The SMILES string of the molecule is C=CC[Si](C)(C)N(C)c1ccccc1. The van der Waals surface area contributed by atoms with E-state index in [1.165, 1.54) is 5.69 Å². The summed E-state index contributed by atoms with van der Waals surface area (Å²) in [4.78, 5) is 0. The van der Waals surface area contributed by atoms with Crippen molar-refractivity contribution in [2.24, 2.45) is 0 Å². The molecule has 0 fully saturated rings. The van der Waals surface area contributed by atoms with Crippen LogP contribution in [0.5, 0.6) is 0 Å². The summed E-state index contributed by atoms with van der Waals surface area (Å²) in [7, 11) is 0.853. The fourth-order valence-corrected chi connectivity index (χ4v) is 3.32. The third-order valence-corrected chi connectivity index (χ3v) is 6.06. The highest BCUT2D eigenvalue weighted by Gasteiger charge is 2.25. The number of para-hydroxylation sites is 1. The maximum atomic E-state index is 3.83. The Kier molecular flexibility index (Phi) is 3.53. The van der Waals surface area contributed by atoms with Crippen LogP contribution in [-0.2, 0) is 0 Å². The Bertz CT molecular complexity index is 292. The normalized spacial score (nSPS) is 11.1. The monoisotopic (exact) mass is 205 g/mol. The van der Waals surface area contributed by atoms with Crippen LogP contribution >= 0.6 is 0 Å². The first-order chi connectivity index (χ1) is 6.58. The van der Waals surface area contributed by atoms with Crippen molar-refractivity contribution in [1.29, 1.82) is 0 Å². The molecule has 14 heavy (non-hydrogen) atoms. The number of hydrogen-bond donors (Lipinski definition) is 0. The summed E-state index contributed by atoms with van der Waals surface area (Å²) in [6.45, 7) is 8.56. The van der Waals surface area contributed by atoms with Crippen LogP contribution in [0.1, 0.15) is 0 Å². The second kappa shape index (κ2) is 4.47. The van der Waals surface area contributed by atoms with Gasteiger partial charge in [-0.15, -0.1) is 6.58 Å². The number of anilines is 1. The average molecular weight is 205 g/mol. The van der Waals surface area contributed by atoms with Gasteiger partial charge >= 0.3 is 0 Å². The first kappa shape index (κ1) is 11.1. The van der Waals surface area contributed by atoms with Crippen LogP contribution in [0.25, 0.3) is 0 Å². The Morgan fingerprint density at radius 3 is 2.36 bits per heavy atom. The molecule has 0 bridgehead atoms. The molecule has 0 N–H and O–H groups in total. The smallest absolute Gasteiger partial charge is 0.153 e. The molecule has 0 radical (unpaired) electrons. The lowest BCUT2D eigenvalue weighted by Crippen LogP contribution is -2.45. The van der Waals surface area contributed by atoms with E-state index < -0.39 is 8.24 Å². The molecule has 1 aromatic carbocycles. The first-order valence-electron chi connectivity index (χ1n) is 4.98. The molecule has 0 unspecified atom stereocenters. The van der Waals surface area contributed by atoms with Gasteiger partial charge in [0, 0.05) is 5.69 Å². The highest BCUT2D eigenvalue weighted by molar-refractivity contribution is 6.81. The minimum absolute atomic E-state index is 1.12. The van der Waals surface area contributed by atoms with E-state index in [1.807, 2.05) is 6.08 Å². The summed E-state index contributed by atoms with van der Waals surface area (Å²) >= 11 is 0. The van der Waals surface area contributed by atoms with E-state index in [0.29, 0.717) is 0 Å². The summed E-state index contributed by atoms with van der Waals surface area (Å²) in [5.74, 6) is 0. The molecule has 2 heteroatoms. The quantitative estimate of drug-likeness (QED) is 0.537. The van der Waals surface area contributed by atoms with Crippen molar-refractivity contribution in [2.45, 2.75) is 19.1 Å². The standard InChI is InChI=1S/C12H19NSi/c1-5-11-14(3,4)13(2)12-9-7-6-8-10-12/h5-10H,1,11H2,2-4H3. The minimum atomic E-state index is -1.33. The van der Waals surface area contributed by atoms with Crippen LogP contribution in [0.2, 0.25) is 19.1 Å². The maximum Gasteiger partial charge on any atom is 0.153 e. The van der Waals surface area contributed by atoms with Crippen LogP contribution in [0.15, 0.2) is 43.0 Å². The number of allylic oxidation sites excluding steroid dienone is 1. The van der Waals surface area contributed by atoms with Gasteiger partial charge in [0.15, 0.2) is 8.24 Å². The van der Waals surface area contributed by atoms with Gasteiger partial charge in [-0.1, -0.05) is 37.4 Å². The van der Waals surface area contributed by atoms with E-state index in [0.717, 1.165) is 6.04 Å². The van der Waals surface area contributed by atoms with Crippen molar-refractivity contribution in [3.8, 4) is 0 Å². The van der Waals surface area contributed by atoms with Crippen LogP contribution in [0.3, 0.4) is 0 Å². The van der Waals surface area contributed by atoms with Crippen LogP contribution in [0.4, 0.5) is 5.69 Å². The van der Waals surface area contributed by atoms with Crippen LogP contribution < -0.4 is 4.57 Å². The van der Waals surface area contributed by atoms with Gasteiger partial charge in [0.2, 0.25) is 0 Å². The number of nitrogens with zero attached hydrogens (tertiary/aromatic N) is 1. The average Bonchev–Trinajstić information content (AvgIpc) is 2.18. The molecule has 0 aliphatic carbocycles. The van der Waals surface area contributed by atoms with Gasteiger partial charge in [0.1, 0.15) is 0 Å². The van der Waals surface area contributed by atoms with E-state index in [-0.39, 0.29) is 0 Å². The topological polar surface area (TPSA) is 3.24 Å². The largest absolute Gasteiger partial charge is 0.400 e. The van der Waals surface area contributed by atoms with Crippen molar-refractivity contribution in [2.75, 3.05) is 11.6 Å². The predicted octanol–water partition coefficient (Wildman–Crippen LogP) is 3.51. The highest BCUT2D eigenvalue weighted by Crippen LogP contribution is 2.22. The molecule has 0 amide bonds. The Balaban J connectivity index is 2.84. The van der Waals surface area contributed by atoms with Gasteiger partial charge in [-0.3, -0.25) is 0 Å². The molecular formula is C12H19NSi. The van der Waals surface area contributed by atoms with E-state index in [4.69, 9.17) is 0 Å². The van der Waals surface area contributed by atoms with E-state index in [1.54, 1.807) is 0 Å². The van der Waals surface area contributed by atoms with Gasteiger partial charge in [0.25, 0.3) is 0 Å². The van der Waals surface area contributed by atoms with Crippen molar-refractivity contribution >= 4 is 13.9 Å². The highest BCUT2D eigenvalue weighted by atomic mass is 28.3. The van der Waals surface area contributed by atoms with Gasteiger partial charge in [0.05, 0.1) is 0 Å². The molecule has 0 aliphatic heterocycles. The predicted molar refractivity (Wildman–Crippen MR) is 67.3 cm³/mol. The molecule has 0 saturated carbocycles. The minimum Gasteiger partial charge on any atom is -0.400 e. The lowest BCUT2D eigenvalue weighted by Gasteiger charge is -2.34. The van der Waals surface area contributed by atoms with Gasteiger partial charge < -0.3 is 4.57 Å². The summed E-state index contributed by atoms with van der Waals surface area (Å²) in [5.41, 5.74) is 1.31. The van der Waals surface area contributed by atoms with E-state index >= 15 is 0 Å². The third kappa shape index (κ3) is 2.48. The molecule has 0 aliphatic rings. The lowest BCUT2D eigenvalue weighted by atomic mass is 10.3. The second-order valence-corrected chi connectivity index (χ2v) is 8.90. The molecule has 0 aromatic heterocycles. The molecule has 0 spiro atoms. The van der Waals surface area contributed by atoms with Crippen LogP contribution in [-0.4, -0.2) is 15.3 Å². The lowest BCUT2D eigenvalue weighted by molar-refractivity contribution is 1.22. The fourth-order valence-electron chi connectivity index (χ4n) is 1.49. The maximum absolute atomic E-state index is 3.83. The number of benzene rings is 1. The molecule has 0 saturated heterocycles. The Hall–Kier alpha value is -1.02. The Morgan fingerprint density at radius 1 is 1.29 bits per heavy atom. The molecule has 0 atom stereocenters. The van der Waals surface area contributed by atoms with Crippen LogP contribution in [0, 0.1) is 0 Å². The fraction of sp³-hybridized carbons (Fsp3) is 0.333. The molecule has 76 valence electrons. The zero-order valence-corrected chi connectivity index (χ0v) is 10.3. The van der Waals surface area contributed by atoms with Crippen molar-refractivity contribution in [1.82, 2.24) is 0 Å². The molecule has 1 nitrogen and oxygen atoms in total. The van der Waals surface area contributed by atoms with Gasteiger partial charge in [-0.25, -0.2) is 0 Å². The summed E-state index contributed by atoms with van der Waals surface area (Å²) in [6.07, 6.45) is 2.03. The van der Waals surface area contributed by atoms with E-state index in [2.05, 4.69) is 61.6 Å². The molecular weight excluding hydrogens is 186 g/mol. The molecule has 1 rings (SSSR count). The van der Waals surface area contributed by atoms with Gasteiger partial charge in [-0.05, 0) is 25.2 Å². The molecule has 1 aromatic rings. The van der Waals surface area contributed by atoms with E-state index in [9.17, 15) is 0 Å². The summed E-state index contributed by atoms with van der Waals surface area (Å²) in [6, 6.07) is 11.7. The zero-order chi connectivity index (χ0) is 10.6. The summed E-state index contributed by atoms with van der Waals surface area (Å²) < 4.78 is 2.43. The van der Waals surface area contributed by atoms with Crippen molar-refractivity contribution in [3.05, 3.63) is 43.0 Å². The zero-order valence-electron chi connectivity index (χ0n) is 9.33. The Labute approximate surface area is 88.2 Å².